The molecule has 2 rings (SSSR count). The molecule has 0 aliphatic heterocycles. The van der Waals surface area contributed by atoms with E-state index in [2.05, 4.69) is 22.6 Å². The highest BCUT2D eigenvalue weighted by atomic mass is 127. The molecule has 0 saturated heterocycles. The molecular weight excluding hydrogens is 348 g/mol. The number of rotatable bonds is 2. The average Bonchev–Trinajstić information content (AvgIpc) is 2.32. The van der Waals surface area contributed by atoms with E-state index in [0.29, 0.717) is 0 Å². The van der Waals surface area contributed by atoms with Gasteiger partial charge >= 0.3 is 0 Å². The SMILES string of the molecule is N#Cc1ccc(Sc2ccc(I)cc2)cc1F. The molecule has 0 bridgehead atoms. The van der Waals surface area contributed by atoms with Gasteiger partial charge in [0.1, 0.15) is 11.9 Å². The molecule has 2 aromatic rings. The van der Waals surface area contributed by atoms with Gasteiger partial charge in [0.15, 0.2) is 0 Å². The lowest BCUT2D eigenvalue weighted by Gasteiger charge is -2.02. The van der Waals surface area contributed by atoms with Crippen molar-refractivity contribution in [1.82, 2.24) is 0 Å². The van der Waals surface area contributed by atoms with Gasteiger partial charge in [0, 0.05) is 13.4 Å². The van der Waals surface area contributed by atoms with Crippen molar-refractivity contribution in [2.45, 2.75) is 9.79 Å². The molecule has 0 aliphatic rings. The fourth-order valence-electron chi connectivity index (χ4n) is 1.29. The highest BCUT2D eigenvalue weighted by molar-refractivity contribution is 14.1. The summed E-state index contributed by atoms with van der Waals surface area (Å²) in [5, 5.41) is 8.63. The summed E-state index contributed by atoms with van der Waals surface area (Å²) in [6.45, 7) is 0. The number of halogens is 2. The summed E-state index contributed by atoms with van der Waals surface area (Å²) in [5.74, 6) is -0.469. The molecule has 0 N–H and O–H groups in total. The highest BCUT2D eigenvalue weighted by Crippen LogP contribution is 2.29. The van der Waals surface area contributed by atoms with E-state index in [1.165, 1.54) is 23.9 Å². The van der Waals surface area contributed by atoms with Crippen LogP contribution in [0.2, 0.25) is 0 Å². The van der Waals surface area contributed by atoms with Crippen molar-refractivity contribution in [3.63, 3.8) is 0 Å². The Bertz CT molecular complexity index is 575. The molecule has 0 amide bonds. The monoisotopic (exact) mass is 355 g/mol. The van der Waals surface area contributed by atoms with Crippen molar-refractivity contribution in [1.29, 1.82) is 5.26 Å². The normalized spacial score (nSPS) is 9.94. The van der Waals surface area contributed by atoms with Crippen LogP contribution in [-0.4, -0.2) is 0 Å². The van der Waals surface area contributed by atoms with Crippen molar-refractivity contribution in [3.05, 3.63) is 57.4 Å². The second kappa shape index (κ2) is 5.52. The summed E-state index contributed by atoms with van der Waals surface area (Å²) in [6.07, 6.45) is 0. The summed E-state index contributed by atoms with van der Waals surface area (Å²) in [7, 11) is 0. The standard InChI is InChI=1S/C13H7FINS/c14-13-7-12(4-1-9(13)8-16)17-11-5-2-10(15)3-6-11/h1-7H. The minimum atomic E-state index is -0.469. The Kier molecular flexibility index (Phi) is 4.02. The molecule has 0 aromatic heterocycles. The zero-order valence-electron chi connectivity index (χ0n) is 8.65. The van der Waals surface area contributed by atoms with E-state index in [1.54, 1.807) is 6.07 Å². The maximum absolute atomic E-state index is 13.4. The molecule has 0 radical (unpaired) electrons. The van der Waals surface area contributed by atoms with E-state index in [-0.39, 0.29) is 5.56 Å². The van der Waals surface area contributed by atoms with E-state index >= 15 is 0 Å². The number of hydrogen-bond acceptors (Lipinski definition) is 2. The first-order valence-corrected chi connectivity index (χ1v) is 6.71. The van der Waals surface area contributed by atoms with Gasteiger partial charge in [0.25, 0.3) is 0 Å². The lowest BCUT2D eigenvalue weighted by molar-refractivity contribution is 0.620. The number of nitriles is 1. The number of hydrogen-bond donors (Lipinski definition) is 0. The molecular formula is C13H7FINS. The van der Waals surface area contributed by atoms with Crippen LogP contribution in [0.1, 0.15) is 5.56 Å². The second-order valence-electron chi connectivity index (χ2n) is 3.31. The van der Waals surface area contributed by atoms with Gasteiger partial charge in [0.05, 0.1) is 5.56 Å². The van der Waals surface area contributed by atoms with Gasteiger partial charge in [-0.2, -0.15) is 5.26 Å². The smallest absolute Gasteiger partial charge is 0.142 e. The first-order chi connectivity index (χ1) is 8.19. The number of benzene rings is 2. The third kappa shape index (κ3) is 3.20. The predicted octanol–water partition coefficient (Wildman–Crippen LogP) is 4.45. The van der Waals surface area contributed by atoms with Crippen molar-refractivity contribution < 1.29 is 4.39 Å². The second-order valence-corrected chi connectivity index (χ2v) is 5.70. The topological polar surface area (TPSA) is 23.8 Å². The van der Waals surface area contributed by atoms with E-state index in [9.17, 15) is 4.39 Å². The fourth-order valence-corrected chi connectivity index (χ4v) is 2.49. The van der Waals surface area contributed by atoms with Gasteiger partial charge in [-0.3, -0.25) is 0 Å². The maximum atomic E-state index is 13.4. The van der Waals surface area contributed by atoms with Gasteiger partial charge < -0.3 is 0 Å². The molecule has 17 heavy (non-hydrogen) atoms. The predicted molar refractivity (Wildman–Crippen MR) is 74.4 cm³/mol. The Morgan fingerprint density at radius 2 is 1.71 bits per heavy atom. The van der Waals surface area contributed by atoms with Gasteiger partial charge in [0.2, 0.25) is 0 Å². The zero-order valence-corrected chi connectivity index (χ0v) is 11.6. The van der Waals surface area contributed by atoms with Crippen molar-refractivity contribution >= 4 is 34.4 Å². The minimum absolute atomic E-state index is 0.0805. The molecule has 4 heteroatoms. The first kappa shape index (κ1) is 12.4. The molecule has 84 valence electrons. The van der Waals surface area contributed by atoms with E-state index in [1.807, 2.05) is 30.3 Å². The van der Waals surface area contributed by atoms with Crippen molar-refractivity contribution in [3.8, 4) is 6.07 Å². The Morgan fingerprint density at radius 1 is 1.06 bits per heavy atom. The average molecular weight is 355 g/mol. The van der Waals surface area contributed by atoms with Gasteiger partial charge in [-0.25, -0.2) is 4.39 Å². The fraction of sp³-hybridized carbons (Fsp3) is 0. The Hall–Kier alpha value is -1.06. The van der Waals surface area contributed by atoms with E-state index in [0.717, 1.165) is 13.4 Å². The Morgan fingerprint density at radius 3 is 2.29 bits per heavy atom. The van der Waals surface area contributed by atoms with Crippen LogP contribution < -0.4 is 0 Å². The quantitative estimate of drug-likeness (QED) is 0.743. The summed E-state index contributed by atoms with van der Waals surface area (Å²) in [5.41, 5.74) is 0.0805. The third-order valence-corrected chi connectivity index (χ3v) is 3.83. The van der Waals surface area contributed by atoms with Crippen LogP contribution in [0.4, 0.5) is 4.39 Å². The minimum Gasteiger partial charge on any atom is -0.206 e. The van der Waals surface area contributed by atoms with Crippen LogP contribution in [-0.2, 0) is 0 Å². The third-order valence-electron chi connectivity index (χ3n) is 2.11. The molecule has 0 aliphatic carbocycles. The largest absolute Gasteiger partial charge is 0.206 e. The summed E-state index contributed by atoms with van der Waals surface area (Å²) in [6, 6.07) is 14.4. The van der Waals surface area contributed by atoms with Gasteiger partial charge in [-0.05, 0) is 65.1 Å². The summed E-state index contributed by atoms with van der Waals surface area (Å²) < 4.78 is 14.5. The molecule has 0 unspecified atom stereocenters. The molecule has 0 heterocycles. The lowest BCUT2D eigenvalue weighted by Crippen LogP contribution is -1.83. The van der Waals surface area contributed by atoms with Crippen LogP contribution in [0, 0.1) is 20.7 Å². The van der Waals surface area contributed by atoms with Crippen molar-refractivity contribution in [2.75, 3.05) is 0 Å². The first-order valence-electron chi connectivity index (χ1n) is 4.82. The maximum Gasteiger partial charge on any atom is 0.142 e. The lowest BCUT2D eigenvalue weighted by atomic mass is 10.2. The molecule has 2 aromatic carbocycles. The molecule has 1 nitrogen and oxygen atoms in total. The summed E-state index contributed by atoms with van der Waals surface area (Å²) >= 11 is 3.71. The van der Waals surface area contributed by atoms with Crippen LogP contribution in [0.5, 0.6) is 0 Å². The Balaban J connectivity index is 2.22. The van der Waals surface area contributed by atoms with Crippen LogP contribution in [0.15, 0.2) is 52.3 Å². The summed E-state index contributed by atoms with van der Waals surface area (Å²) in [4.78, 5) is 1.84. The van der Waals surface area contributed by atoms with Crippen LogP contribution >= 0.6 is 34.4 Å². The molecule has 0 atom stereocenters. The van der Waals surface area contributed by atoms with E-state index in [4.69, 9.17) is 5.26 Å². The van der Waals surface area contributed by atoms with Gasteiger partial charge in [-0.1, -0.05) is 11.8 Å². The molecule has 0 fully saturated rings. The molecule has 0 spiro atoms. The van der Waals surface area contributed by atoms with Crippen LogP contribution in [0.3, 0.4) is 0 Å². The highest BCUT2D eigenvalue weighted by Gasteiger charge is 2.04. The van der Waals surface area contributed by atoms with Gasteiger partial charge in [-0.15, -0.1) is 0 Å². The Labute approximate surface area is 117 Å². The molecule has 0 saturated carbocycles. The number of nitrogens with zero attached hydrogens (tertiary/aromatic N) is 1. The zero-order chi connectivity index (χ0) is 12.3. The van der Waals surface area contributed by atoms with Crippen LogP contribution in [0.25, 0.3) is 0 Å². The van der Waals surface area contributed by atoms with E-state index < -0.39 is 5.82 Å². The van der Waals surface area contributed by atoms with Crippen molar-refractivity contribution in [2.24, 2.45) is 0 Å².